The average molecular weight is 245 g/mol. The molecule has 1 spiro atoms. The Kier molecular flexibility index (Phi) is 3.32. The largest absolute Gasteiger partial charge is 0.313 e. The molecule has 0 aliphatic carbocycles. The molecule has 0 radical (unpaired) electrons. The summed E-state index contributed by atoms with van der Waals surface area (Å²) in [5.41, 5.74) is 0.287. The first kappa shape index (κ1) is 12.4. The minimum Gasteiger partial charge on any atom is -0.313 e. The molecule has 2 fully saturated rings. The molecule has 1 unspecified atom stereocenters. The van der Waals surface area contributed by atoms with Crippen molar-refractivity contribution in [2.45, 2.75) is 45.6 Å². The summed E-state index contributed by atoms with van der Waals surface area (Å²) in [6, 6.07) is 0.544. The number of sulfone groups is 1. The summed E-state index contributed by atoms with van der Waals surface area (Å²) >= 11 is 0. The van der Waals surface area contributed by atoms with Crippen molar-refractivity contribution in [1.29, 1.82) is 0 Å². The zero-order valence-corrected chi connectivity index (χ0v) is 11.1. The van der Waals surface area contributed by atoms with Crippen LogP contribution in [0.1, 0.15) is 39.5 Å². The summed E-state index contributed by atoms with van der Waals surface area (Å²) in [6.45, 7) is 5.55. The molecule has 2 rings (SSSR count). The fraction of sp³-hybridized carbons (Fsp3) is 1.00. The number of hydrogen-bond donors (Lipinski definition) is 1. The second kappa shape index (κ2) is 4.30. The summed E-state index contributed by atoms with van der Waals surface area (Å²) in [4.78, 5) is 0. The van der Waals surface area contributed by atoms with E-state index in [-0.39, 0.29) is 5.41 Å². The van der Waals surface area contributed by atoms with Gasteiger partial charge in [-0.2, -0.15) is 0 Å². The van der Waals surface area contributed by atoms with E-state index in [4.69, 9.17) is 0 Å². The lowest BCUT2D eigenvalue weighted by molar-refractivity contribution is 0.198. The summed E-state index contributed by atoms with van der Waals surface area (Å²) in [6.07, 6.45) is 4.10. The zero-order valence-electron chi connectivity index (χ0n) is 10.3. The van der Waals surface area contributed by atoms with Crippen LogP contribution in [-0.4, -0.2) is 32.5 Å². The fourth-order valence-corrected chi connectivity index (χ4v) is 4.87. The van der Waals surface area contributed by atoms with Crippen LogP contribution in [0.3, 0.4) is 0 Å². The van der Waals surface area contributed by atoms with Gasteiger partial charge in [0, 0.05) is 6.04 Å². The molecule has 0 aromatic rings. The third-order valence-corrected chi connectivity index (χ3v) is 5.93. The lowest BCUT2D eigenvalue weighted by atomic mass is 9.73. The lowest BCUT2D eigenvalue weighted by Gasteiger charge is -2.39. The molecule has 2 saturated heterocycles. The van der Waals surface area contributed by atoms with Crippen molar-refractivity contribution in [2.24, 2.45) is 11.3 Å². The molecule has 3 nitrogen and oxygen atoms in total. The van der Waals surface area contributed by atoms with Gasteiger partial charge in [-0.15, -0.1) is 0 Å². The first-order valence-electron chi connectivity index (χ1n) is 6.37. The Balaban J connectivity index is 2.07. The van der Waals surface area contributed by atoms with Gasteiger partial charge in [0.2, 0.25) is 0 Å². The summed E-state index contributed by atoms with van der Waals surface area (Å²) in [7, 11) is -2.73. The third-order valence-electron chi connectivity index (χ3n) is 4.28. The molecule has 2 aliphatic heterocycles. The SMILES string of the molecule is CC(C)CC1NCCC12CCS(=O)(=O)CC2. The fourth-order valence-electron chi connectivity index (χ4n) is 3.23. The summed E-state index contributed by atoms with van der Waals surface area (Å²) in [5, 5.41) is 3.58. The highest BCUT2D eigenvalue weighted by molar-refractivity contribution is 7.91. The molecule has 0 amide bonds. The highest BCUT2D eigenvalue weighted by Crippen LogP contribution is 2.44. The molecule has 1 atom stereocenters. The van der Waals surface area contributed by atoms with Gasteiger partial charge in [0.25, 0.3) is 0 Å². The van der Waals surface area contributed by atoms with E-state index >= 15 is 0 Å². The lowest BCUT2D eigenvalue weighted by Crippen LogP contribution is -2.43. The van der Waals surface area contributed by atoms with Crippen LogP contribution >= 0.6 is 0 Å². The van der Waals surface area contributed by atoms with Crippen LogP contribution < -0.4 is 5.32 Å². The smallest absolute Gasteiger partial charge is 0.150 e. The molecule has 94 valence electrons. The second-order valence-electron chi connectivity index (χ2n) is 5.90. The van der Waals surface area contributed by atoms with Crippen LogP contribution in [0.2, 0.25) is 0 Å². The Labute approximate surface area is 98.9 Å². The molecular weight excluding hydrogens is 222 g/mol. The number of rotatable bonds is 2. The predicted molar refractivity (Wildman–Crippen MR) is 66.2 cm³/mol. The monoisotopic (exact) mass is 245 g/mol. The maximum Gasteiger partial charge on any atom is 0.150 e. The van der Waals surface area contributed by atoms with E-state index in [9.17, 15) is 8.42 Å². The van der Waals surface area contributed by atoms with Crippen LogP contribution in [0.15, 0.2) is 0 Å². The van der Waals surface area contributed by atoms with E-state index in [1.807, 2.05) is 0 Å². The minimum absolute atomic E-state index is 0.287. The van der Waals surface area contributed by atoms with Gasteiger partial charge in [-0.25, -0.2) is 8.42 Å². The first-order valence-corrected chi connectivity index (χ1v) is 8.19. The molecular formula is C12H23NO2S. The van der Waals surface area contributed by atoms with Crippen LogP contribution in [-0.2, 0) is 9.84 Å². The standard InChI is InChI=1S/C12H23NO2S/c1-10(2)9-11-12(3-6-13-11)4-7-16(14,15)8-5-12/h10-11,13H,3-9H2,1-2H3. The molecule has 0 aromatic carbocycles. The summed E-state index contributed by atoms with van der Waals surface area (Å²) < 4.78 is 23.0. The Morgan fingerprint density at radius 2 is 1.88 bits per heavy atom. The second-order valence-corrected chi connectivity index (χ2v) is 8.20. The van der Waals surface area contributed by atoms with Crippen molar-refractivity contribution in [2.75, 3.05) is 18.1 Å². The molecule has 2 heterocycles. The highest BCUT2D eigenvalue weighted by atomic mass is 32.2. The molecule has 2 aliphatic rings. The van der Waals surface area contributed by atoms with E-state index in [1.165, 1.54) is 12.8 Å². The normalized spacial score (nSPS) is 32.3. The van der Waals surface area contributed by atoms with Crippen molar-refractivity contribution in [3.05, 3.63) is 0 Å². The van der Waals surface area contributed by atoms with Gasteiger partial charge in [0.1, 0.15) is 9.84 Å². The first-order chi connectivity index (χ1) is 7.44. The van der Waals surface area contributed by atoms with Crippen molar-refractivity contribution in [3.63, 3.8) is 0 Å². The van der Waals surface area contributed by atoms with Gasteiger partial charge in [-0.1, -0.05) is 13.8 Å². The van der Waals surface area contributed by atoms with Crippen molar-refractivity contribution in [3.8, 4) is 0 Å². The predicted octanol–water partition coefficient (Wildman–Crippen LogP) is 1.59. The van der Waals surface area contributed by atoms with E-state index in [0.717, 1.165) is 19.4 Å². The van der Waals surface area contributed by atoms with Gasteiger partial charge in [-0.3, -0.25) is 0 Å². The van der Waals surface area contributed by atoms with E-state index in [2.05, 4.69) is 19.2 Å². The maximum atomic E-state index is 11.5. The minimum atomic E-state index is -2.73. The van der Waals surface area contributed by atoms with E-state index in [0.29, 0.717) is 23.5 Å². The Bertz CT molecular complexity index is 334. The van der Waals surface area contributed by atoms with Gasteiger partial charge >= 0.3 is 0 Å². The highest BCUT2D eigenvalue weighted by Gasteiger charge is 2.45. The van der Waals surface area contributed by atoms with Gasteiger partial charge in [0.05, 0.1) is 11.5 Å². The Morgan fingerprint density at radius 3 is 2.44 bits per heavy atom. The average Bonchev–Trinajstić information content (AvgIpc) is 2.55. The Hall–Kier alpha value is -0.0900. The van der Waals surface area contributed by atoms with Crippen LogP contribution in [0.4, 0.5) is 0 Å². The van der Waals surface area contributed by atoms with Crippen LogP contribution in [0, 0.1) is 11.3 Å². The van der Waals surface area contributed by atoms with Crippen molar-refractivity contribution in [1.82, 2.24) is 5.32 Å². The number of hydrogen-bond acceptors (Lipinski definition) is 3. The van der Waals surface area contributed by atoms with Crippen LogP contribution in [0.25, 0.3) is 0 Å². The molecule has 16 heavy (non-hydrogen) atoms. The Morgan fingerprint density at radius 1 is 1.25 bits per heavy atom. The molecule has 0 aromatic heterocycles. The van der Waals surface area contributed by atoms with E-state index in [1.54, 1.807) is 0 Å². The quantitative estimate of drug-likeness (QED) is 0.803. The molecule has 4 heteroatoms. The number of nitrogens with one attached hydrogen (secondary N) is 1. The van der Waals surface area contributed by atoms with Crippen molar-refractivity contribution >= 4 is 9.84 Å². The van der Waals surface area contributed by atoms with Crippen molar-refractivity contribution < 1.29 is 8.42 Å². The van der Waals surface area contributed by atoms with Gasteiger partial charge < -0.3 is 5.32 Å². The summed E-state index contributed by atoms with van der Waals surface area (Å²) in [5.74, 6) is 1.50. The van der Waals surface area contributed by atoms with Crippen LogP contribution in [0.5, 0.6) is 0 Å². The molecule has 0 bridgehead atoms. The maximum absolute atomic E-state index is 11.5. The van der Waals surface area contributed by atoms with Gasteiger partial charge in [0.15, 0.2) is 0 Å². The molecule has 0 saturated carbocycles. The third kappa shape index (κ3) is 2.43. The zero-order chi connectivity index (χ0) is 11.8. The van der Waals surface area contributed by atoms with E-state index < -0.39 is 9.84 Å². The van der Waals surface area contributed by atoms with Gasteiger partial charge in [-0.05, 0) is 43.6 Å². The molecule has 1 N–H and O–H groups in total. The topological polar surface area (TPSA) is 46.2 Å².